The zero-order valence-corrected chi connectivity index (χ0v) is 15.3. The number of nitrogens with zero attached hydrogens (tertiary/aromatic N) is 2. The molecule has 1 aromatic rings. The van der Waals surface area contributed by atoms with E-state index in [1.165, 1.54) is 0 Å². The van der Waals surface area contributed by atoms with Crippen LogP contribution in [-0.2, 0) is 0 Å². The summed E-state index contributed by atoms with van der Waals surface area (Å²) < 4.78 is 0. The molecule has 0 aromatic heterocycles. The Morgan fingerprint density at radius 1 is 1.29 bits per heavy atom. The third-order valence-electron chi connectivity index (χ3n) is 5.30. The number of piperidine rings is 1. The molecule has 5 heteroatoms. The first kappa shape index (κ1) is 18.7. The molecule has 0 spiro atoms. The van der Waals surface area contributed by atoms with Gasteiger partial charge in [0.25, 0.3) is 0 Å². The van der Waals surface area contributed by atoms with Crippen LogP contribution in [0.4, 0.5) is 4.79 Å². The SMILES string of the molecule is CN(C)C(C)(C)CNC(=O)N1CCC(C(O)c2ccccc2)CC1. The van der Waals surface area contributed by atoms with E-state index >= 15 is 0 Å². The summed E-state index contributed by atoms with van der Waals surface area (Å²) in [5, 5.41) is 13.5. The molecule has 2 N–H and O–H groups in total. The summed E-state index contributed by atoms with van der Waals surface area (Å²) in [6, 6.07) is 9.79. The minimum absolute atomic E-state index is 0.00224. The lowest BCUT2D eigenvalue weighted by atomic mass is 9.87. The van der Waals surface area contributed by atoms with E-state index in [1.54, 1.807) is 0 Å². The van der Waals surface area contributed by atoms with Crippen molar-refractivity contribution < 1.29 is 9.90 Å². The predicted octanol–water partition coefficient (Wildman–Crippen LogP) is 2.48. The van der Waals surface area contributed by atoms with Crippen LogP contribution in [0.3, 0.4) is 0 Å². The van der Waals surface area contributed by atoms with Gasteiger partial charge < -0.3 is 20.2 Å². The van der Waals surface area contributed by atoms with E-state index < -0.39 is 6.10 Å². The van der Waals surface area contributed by atoms with E-state index in [-0.39, 0.29) is 17.5 Å². The lowest BCUT2D eigenvalue weighted by Gasteiger charge is -2.36. The van der Waals surface area contributed by atoms with Crippen molar-refractivity contribution in [3.63, 3.8) is 0 Å². The molecule has 5 nitrogen and oxygen atoms in total. The molecular formula is C19H31N3O2. The third kappa shape index (κ3) is 4.71. The first-order chi connectivity index (χ1) is 11.3. The average Bonchev–Trinajstić information content (AvgIpc) is 2.60. The van der Waals surface area contributed by atoms with Gasteiger partial charge in [0.2, 0.25) is 0 Å². The lowest BCUT2D eigenvalue weighted by molar-refractivity contribution is 0.0659. The number of nitrogens with one attached hydrogen (secondary N) is 1. The topological polar surface area (TPSA) is 55.8 Å². The maximum Gasteiger partial charge on any atom is 0.317 e. The van der Waals surface area contributed by atoms with Crippen LogP contribution >= 0.6 is 0 Å². The number of urea groups is 1. The fourth-order valence-electron chi connectivity index (χ4n) is 2.90. The van der Waals surface area contributed by atoms with E-state index in [2.05, 4.69) is 24.1 Å². The second-order valence-electron chi connectivity index (χ2n) is 7.55. The van der Waals surface area contributed by atoms with Crippen LogP contribution in [0.1, 0.15) is 38.4 Å². The zero-order chi connectivity index (χ0) is 17.7. The number of likely N-dealkylation sites (N-methyl/N-ethyl adjacent to an activating group) is 1. The molecule has 0 bridgehead atoms. The fraction of sp³-hybridized carbons (Fsp3) is 0.632. The standard InChI is InChI=1S/C19H31N3O2/c1-19(2,21(3)4)14-20-18(24)22-12-10-16(11-13-22)17(23)15-8-6-5-7-9-15/h5-9,16-17,23H,10-14H2,1-4H3,(H,20,24). The maximum absolute atomic E-state index is 12.3. The third-order valence-corrected chi connectivity index (χ3v) is 5.30. The molecule has 0 radical (unpaired) electrons. The highest BCUT2D eigenvalue weighted by molar-refractivity contribution is 5.74. The Morgan fingerprint density at radius 3 is 2.42 bits per heavy atom. The Kier molecular flexibility index (Phi) is 6.24. The molecule has 1 atom stereocenters. The van der Waals surface area contributed by atoms with Crippen LogP contribution in [0.2, 0.25) is 0 Å². The molecule has 24 heavy (non-hydrogen) atoms. The summed E-state index contributed by atoms with van der Waals surface area (Å²) >= 11 is 0. The van der Waals surface area contributed by atoms with Crippen molar-refractivity contribution in [1.29, 1.82) is 0 Å². The smallest absolute Gasteiger partial charge is 0.317 e. The lowest BCUT2D eigenvalue weighted by Crippen LogP contribution is -2.52. The minimum Gasteiger partial charge on any atom is -0.388 e. The molecule has 1 heterocycles. The Hall–Kier alpha value is -1.59. The van der Waals surface area contributed by atoms with Gasteiger partial charge >= 0.3 is 6.03 Å². The number of likely N-dealkylation sites (tertiary alicyclic amines) is 1. The number of aliphatic hydroxyl groups excluding tert-OH is 1. The molecule has 2 amide bonds. The quantitative estimate of drug-likeness (QED) is 0.870. The van der Waals surface area contributed by atoms with E-state index in [1.807, 2.05) is 49.3 Å². The van der Waals surface area contributed by atoms with Crippen molar-refractivity contribution in [1.82, 2.24) is 15.1 Å². The Bertz CT molecular complexity index is 523. The molecule has 0 aliphatic carbocycles. The summed E-state index contributed by atoms with van der Waals surface area (Å²) in [7, 11) is 4.03. The summed E-state index contributed by atoms with van der Waals surface area (Å²) in [6.45, 7) is 6.22. The molecule has 1 saturated heterocycles. The molecule has 134 valence electrons. The van der Waals surface area contributed by atoms with Crippen LogP contribution in [0.15, 0.2) is 30.3 Å². The van der Waals surface area contributed by atoms with Gasteiger partial charge in [0.1, 0.15) is 0 Å². The molecular weight excluding hydrogens is 302 g/mol. The summed E-state index contributed by atoms with van der Waals surface area (Å²) in [5.41, 5.74) is 0.894. The van der Waals surface area contributed by atoms with E-state index in [9.17, 15) is 9.90 Å². The number of hydrogen-bond acceptors (Lipinski definition) is 3. The highest BCUT2D eigenvalue weighted by atomic mass is 16.3. The molecule has 1 aliphatic rings. The van der Waals surface area contributed by atoms with Crippen LogP contribution in [-0.4, -0.2) is 60.2 Å². The highest BCUT2D eigenvalue weighted by Gasteiger charge is 2.29. The normalized spacial score (nSPS) is 17.8. The fourth-order valence-corrected chi connectivity index (χ4v) is 2.90. The van der Waals surface area contributed by atoms with Crippen molar-refractivity contribution in [2.24, 2.45) is 5.92 Å². The van der Waals surface area contributed by atoms with Gasteiger partial charge in [-0.1, -0.05) is 30.3 Å². The van der Waals surface area contributed by atoms with Crippen LogP contribution in [0, 0.1) is 5.92 Å². The number of rotatable bonds is 5. The largest absolute Gasteiger partial charge is 0.388 e. The van der Waals surface area contributed by atoms with Crippen LogP contribution < -0.4 is 5.32 Å². The summed E-state index contributed by atoms with van der Waals surface area (Å²) in [4.78, 5) is 16.3. The highest BCUT2D eigenvalue weighted by Crippen LogP contribution is 2.30. The van der Waals surface area contributed by atoms with E-state index in [0.717, 1.165) is 18.4 Å². The average molecular weight is 333 g/mol. The molecule has 1 aliphatic heterocycles. The number of carbonyl (C=O) groups excluding carboxylic acids is 1. The second kappa shape index (κ2) is 7.99. The predicted molar refractivity (Wildman–Crippen MR) is 96.9 cm³/mol. The molecule has 0 saturated carbocycles. The van der Waals surface area contributed by atoms with Crippen molar-refractivity contribution in [2.45, 2.75) is 38.3 Å². The maximum atomic E-state index is 12.3. The van der Waals surface area contributed by atoms with Crippen LogP contribution in [0.25, 0.3) is 0 Å². The second-order valence-corrected chi connectivity index (χ2v) is 7.55. The number of amides is 2. The number of hydrogen-bond donors (Lipinski definition) is 2. The molecule has 1 aromatic carbocycles. The van der Waals surface area contributed by atoms with Crippen molar-refractivity contribution in [3.8, 4) is 0 Å². The van der Waals surface area contributed by atoms with E-state index in [4.69, 9.17) is 0 Å². The molecule has 2 rings (SSSR count). The number of benzene rings is 1. The van der Waals surface area contributed by atoms with Crippen molar-refractivity contribution >= 4 is 6.03 Å². The van der Waals surface area contributed by atoms with Gasteiger partial charge in [-0.15, -0.1) is 0 Å². The zero-order valence-electron chi connectivity index (χ0n) is 15.3. The van der Waals surface area contributed by atoms with Gasteiger partial charge in [0.05, 0.1) is 6.10 Å². The first-order valence-corrected chi connectivity index (χ1v) is 8.74. The Labute approximate surface area is 145 Å². The Balaban J connectivity index is 1.81. The molecule has 1 unspecified atom stereocenters. The summed E-state index contributed by atoms with van der Waals surface area (Å²) in [5.74, 6) is 0.217. The summed E-state index contributed by atoms with van der Waals surface area (Å²) in [6.07, 6.45) is 1.23. The van der Waals surface area contributed by atoms with Gasteiger partial charge in [-0.2, -0.15) is 0 Å². The minimum atomic E-state index is -0.441. The van der Waals surface area contributed by atoms with E-state index in [0.29, 0.717) is 19.6 Å². The first-order valence-electron chi connectivity index (χ1n) is 8.74. The monoisotopic (exact) mass is 333 g/mol. The van der Waals surface area contributed by atoms with Gasteiger partial charge in [0.15, 0.2) is 0 Å². The van der Waals surface area contributed by atoms with Gasteiger partial charge in [0, 0.05) is 25.2 Å². The Morgan fingerprint density at radius 2 is 1.88 bits per heavy atom. The molecule has 1 fully saturated rings. The van der Waals surface area contributed by atoms with Crippen molar-refractivity contribution in [3.05, 3.63) is 35.9 Å². The number of aliphatic hydroxyl groups is 1. The number of carbonyl (C=O) groups is 1. The van der Waals surface area contributed by atoms with Gasteiger partial charge in [-0.25, -0.2) is 4.79 Å². The van der Waals surface area contributed by atoms with Crippen molar-refractivity contribution in [2.75, 3.05) is 33.7 Å². The van der Waals surface area contributed by atoms with Gasteiger partial charge in [-0.3, -0.25) is 0 Å². The van der Waals surface area contributed by atoms with Crippen LogP contribution in [0.5, 0.6) is 0 Å². The van der Waals surface area contributed by atoms with Gasteiger partial charge in [-0.05, 0) is 52.3 Å².